The van der Waals surface area contributed by atoms with E-state index in [0.717, 1.165) is 17.2 Å². The number of rotatable bonds is 2. The van der Waals surface area contributed by atoms with Crippen molar-refractivity contribution in [2.45, 2.75) is 24.9 Å². The number of furan rings is 1. The molecule has 25 heteroatoms. The number of ether oxygens (including phenoxy) is 1. The molecule has 0 spiro atoms. The predicted molar refractivity (Wildman–Crippen MR) is 160 cm³/mol. The van der Waals surface area contributed by atoms with Crippen molar-refractivity contribution >= 4 is 73.6 Å². The molecule has 0 saturated carbocycles. The van der Waals surface area contributed by atoms with Crippen LogP contribution in [0.3, 0.4) is 0 Å². The van der Waals surface area contributed by atoms with Gasteiger partial charge in [0.25, 0.3) is 0 Å². The average Bonchev–Trinajstić information content (AvgIpc) is 3.72. The first-order chi connectivity index (χ1) is 21.3. The molecule has 0 radical (unpaired) electrons. The number of halogens is 1. The number of nitrogens with two attached hydrogens (primary N) is 1. The second-order valence-electron chi connectivity index (χ2n) is 9.79. The number of thiol groups is 2. The number of nitrogens with zero attached hydrogens (tertiary/aromatic N) is 4. The number of aliphatic hydroxyl groups is 1. The fourth-order valence-electron chi connectivity index (χ4n) is 4.93. The van der Waals surface area contributed by atoms with Gasteiger partial charge in [-0.15, -0.1) is 0 Å². The molecule has 4 aliphatic heterocycles. The van der Waals surface area contributed by atoms with Crippen molar-refractivity contribution in [3.63, 3.8) is 0 Å². The van der Waals surface area contributed by atoms with E-state index >= 15 is 4.39 Å². The molecule has 3 atom stereocenters. The van der Waals surface area contributed by atoms with E-state index in [9.17, 15) is 24.5 Å². The van der Waals surface area contributed by atoms with Gasteiger partial charge in [0.2, 0.25) is 0 Å². The molecule has 45 heavy (non-hydrogen) atoms. The zero-order chi connectivity index (χ0) is 31.8. The quantitative estimate of drug-likeness (QED) is 0.111. The molecule has 2 fully saturated rings. The van der Waals surface area contributed by atoms with Crippen LogP contribution in [-0.2, 0) is 29.7 Å². The van der Waals surface area contributed by atoms with Crippen LogP contribution in [0.2, 0.25) is 0 Å². The van der Waals surface area contributed by atoms with Crippen LogP contribution in [0.15, 0.2) is 33.3 Å². The van der Waals surface area contributed by atoms with Crippen LogP contribution in [0.1, 0.15) is 5.76 Å². The summed E-state index contributed by atoms with van der Waals surface area (Å²) in [4.78, 5) is 58.2. The standard InChI is InChI=1S/C20H24FN9O11P2S2/c21-8-12-7(39-18(8)29-4-25-9-14(29)23-3-24-16(9)32)2-37-43(35,45)41-13-11(31)6(1-36-42(34,44)40-12)38-19(13)30-5-26-10-15(30)27-20(22)28-17(10)33/h1,5,9,11,14,23,25,31,34-35,42-45H,2-4H2,(H,24,32)(H3,22,27,28,33)/b6-1+/t9-,11-,14?/m1/s1. The summed E-state index contributed by atoms with van der Waals surface area (Å²) in [6, 6.07) is -0.735. The Labute approximate surface area is 260 Å². The monoisotopic (exact) mass is 711 g/mol. The van der Waals surface area contributed by atoms with E-state index in [2.05, 4.69) is 55.4 Å². The van der Waals surface area contributed by atoms with Crippen LogP contribution < -0.4 is 36.7 Å². The van der Waals surface area contributed by atoms with Gasteiger partial charge in [-0.05, 0) is 0 Å². The maximum atomic E-state index is 15.9. The van der Waals surface area contributed by atoms with Crippen molar-refractivity contribution in [2.24, 2.45) is 0 Å². The van der Waals surface area contributed by atoms with Gasteiger partial charge in [0.1, 0.15) is 0 Å². The molecule has 0 aromatic carbocycles. The number of aliphatic hydroxyl groups excluding tert-OH is 1. The molecule has 20 nitrogen and oxygen atoms in total. The Bertz CT molecular complexity index is 1850. The van der Waals surface area contributed by atoms with Crippen molar-refractivity contribution in [2.75, 3.05) is 24.0 Å². The number of anilines is 2. The number of carbonyl (C=O) groups is 1. The van der Waals surface area contributed by atoms with Gasteiger partial charge in [0.05, 0.1) is 0 Å². The minimum atomic E-state index is -4.65. The summed E-state index contributed by atoms with van der Waals surface area (Å²) < 4.78 is 50.3. The van der Waals surface area contributed by atoms with Crippen LogP contribution in [0, 0.1) is 5.82 Å². The number of aromatic amines is 1. The van der Waals surface area contributed by atoms with Crippen LogP contribution in [0.5, 0.6) is 5.75 Å². The normalized spacial score (nSPS) is 28.4. The second kappa shape index (κ2) is 10.9. The number of carbonyl (C=O) groups excluding carboxylic acids is 1. The summed E-state index contributed by atoms with van der Waals surface area (Å²) in [6.45, 7) is -0.635. The van der Waals surface area contributed by atoms with Gasteiger partial charge in [0.15, 0.2) is 0 Å². The second-order valence-corrected chi connectivity index (χ2v) is 16.3. The third-order valence-corrected chi connectivity index (χ3v) is 10.0. The van der Waals surface area contributed by atoms with Crippen molar-refractivity contribution in [1.29, 1.82) is 0 Å². The molecule has 1 unspecified atom stereocenters. The number of hydrogen-bond acceptors (Lipinski definition) is 19. The maximum absolute atomic E-state index is 15.9. The number of imidazole rings is 1. The molecular formula is C20H24FN9O11P2S2. The van der Waals surface area contributed by atoms with Crippen LogP contribution in [0.25, 0.3) is 17.0 Å². The number of hydrogen-bond donors (Lipinski definition) is 10. The zero-order valence-corrected chi connectivity index (χ0v) is 26.0. The van der Waals surface area contributed by atoms with Gasteiger partial charge in [-0.2, -0.15) is 0 Å². The molecule has 2 saturated heterocycles. The Morgan fingerprint density at radius 3 is 2.78 bits per heavy atom. The molecular weight excluding hydrogens is 687 g/mol. The van der Waals surface area contributed by atoms with Crippen molar-refractivity contribution in [3.8, 4) is 5.75 Å². The van der Waals surface area contributed by atoms with E-state index in [1.54, 1.807) is 0 Å². The van der Waals surface area contributed by atoms with E-state index < -0.39 is 73.7 Å². The molecule has 3 aromatic rings. The molecule has 1 amide bonds. The molecule has 0 aliphatic carbocycles. The SMILES string of the molecule is Nc1nc2c(ncn2C2=C3O[PH](O)(S)OCc4oc(N5CN[C@H]6C(=O)NCNC65)c(F)c4O[PH](O)(S)O/C=C(/O2)[C@H]3O)c(=O)[nH]1. The molecule has 244 valence electrons. The van der Waals surface area contributed by atoms with Gasteiger partial charge in [-0.1, -0.05) is 0 Å². The first-order valence-electron chi connectivity index (χ1n) is 12.8. The van der Waals surface area contributed by atoms with E-state index in [0.29, 0.717) is 0 Å². The zero-order valence-electron chi connectivity index (χ0n) is 22.3. The Morgan fingerprint density at radius 2 is 1.98 bits per heavy atom. The Kier molecular flexibility index (Phi) is 7.32. The van der Waals surface area contributed by atoms with Crippen molar-refractivity contribution in [3.05, 3.63) is 46.0 Å². The number of H-pyrrole nitrogens is 1. The van der Waals surface area contributed by atoms with Crippen molar-refractivity contribution < 1.29 is 51.3 Å². The molecule has 2 bridgehead atoms. The first kappa shape index (κ1) is 30.3. The van der Waals surface area contributed by atoms with Gasteiger partial charge in [-0.25, -0.2) is 0 Å². The van der Waals surface area contributed by atoms with Gasteiger partial charge in [-0.3, -0.25) is 0 Å². The Hall–Kier alpha value is -3.37. The Morgan fingerprint density at radius 1 is 1.18 bits per heavy atom. The van der Waals surface area contributed by atoms with E-state index in [1.807, 2.05) is 0 Å². The summed E-state index contributed by atoms with van der Waals surface area (Å²) in [5.41, 5.74) is 4.75. The third-order valence-electron chi connectivity index (χ3n) is 6.90. The fourth-order valence-corrected chi connectivity index (χ4v) is 7.50. The minimum absolute atomic E-state index is 0.0130. The van der Waals surface area contributed by atoms with Gasteiger partial charge >= 0.3 is 261 Å². The fraction of sp³-hybridized carbons (Fsp3) is 0.300. The van der Waals surface area contributed by atoms with E-state index in [4.69, 9.17) is 33.0 Å². The Balaban J connectivity index is 1.27. The molecule has 7 rings (SSSR count). The number of fused-ring (bicyclic) bond motifs is 5. The number of amides is 1. The van der Waals surface area contributed by atoms with Gasteiger partial charge < -0.3 is 0 Å². The molecule has 4 aliphatic rings. The van der Waals surface area contributed by atoms with Crippen LogP contribution >= 0.6 is 38.8 Å². The molecule has 3 aromatic heterocycles. The van der Waals surface area contributed by atoms with Crippen LogP contribution in [-0.4, -0.2) is 72.0 Å². The number of aromatic nitrogens is 4. The van der Waals surface area contributed by atoms with Crippen molar-refractivity contribution in [1.82, 2.24) is 35.5 Å². The van der Waals surface area contributed by atoms with Crippen LogP contribution in [0.4, 0.5) is 16.2 Å². The van der Waals surface area contributed by atoms with Gasteiger partial charge in [0, 0.05) is 0 Å². The average molecular weight is 712 g/mol. The summed E-state index contributed by atoms with van der Waals surface area (Å²) in [7, 11) is -9.28. The summed E-state index contributed by atoms with van der Waals surface area (Å²) in [5, 5.41) is 19.6. The first-order valence-corrected chi connectivity index (χ1v) is 18.9. The number of nitrogens with one attached hydrogen (secondary N) is 4. The molecule has 7 heterocycles. The predicted octanol–water partition coefficient (Wildman–Crippen LogP) is -1.16. The van der Waals surface area contributed by atoms with E-state index in [-0.39, 0.29) is 48.0 Å². The topological polar surface area (TPSA) is 266 Å². The summed E-state index contributed by atoms with van der Waals surface area (Å²) >= 11 is 8.16. The summed E-state index contributed by atoms with van der Waals surface area (Å²) in [6.07, 6.45) is -0.664. The third kappa shape index (κ3) is 5.33. The van der Waals surface area contributed by atoms with E-state index in [1.165, 1.54) is 4.90 Å². The summed E-state index contributed by atoms with van der Waals surface area (Å²) in [5.74, 6) is -4.37. The molecule has 9 N–H and O–H groups in total. The number of nitrogen functional groups attached to an aromatic ring is 1.